The summed E-state index contributed by atoms with van der Waals surface area (Å²) in [6.07, 6.45) is 0. The van der Waals surface area contributed by atoms with Crippen LogP contribution in [0.15, 0.2) is 51.3 Å². The SMILES string of the molecule is COc1cc(-c2cc3cc(C(=O)O)oc4cc(=[OH+])cc(o2)c34)ccc1O. The molecule has 0 aliphatic carbocycles. The van der Waals surface area contributed by atoms with Crippen molar-refractivity contribution in [2.24, 2.45) is 0 Å². The van der Waals surface area contributed by atoms with E-state index in [0.29, 0.717) is 27.7 Å². The van der Waals surface area contributed by atoms with Gasteiger partial charge in [-0.25, -0.2) is 4.79 Å². The molecule has 2 aromatic carbocycles. The van der Waals surface area contributed by atoms with E-state index in [1.165, 1.54) is 31.4 Å². The number of hydrogen-bond acceptors (Lipinski definition) is 5. The maximum atomic E-state index is 11.3. The van der Waals surface area contributed by atoms with Crippen molar-refractivity contribution in [2.45, 2.75) is 0 Å². The third-order valence-corrected chi connectivity index (χ3v) is 4.03. The molecule has 0 aliphatic rings. The van der Waals surface area contributed by atoms with Gasteiger partial charge in [0.25, 0.3) is 0 Å². The van der Waals surface area contributed by atoms with Crippen molar-refractivity contribution in [1.82, 2.24) is 0 Å². The normalized spacial score (nSPS) is 11.1. The summed E-state index contributed by atoms with van der Waals surface area (Å²) in [5, 5.41) is 20.1. The highest BCUT2D eigenvalue weighted by Crippen LogP contribution is 2.35. The van der Waals surface area contributed by atoms with Crippen molar-refractivity contribution >= 4 is 27.9 Å². The highest BCUT2D eigenvalue weighted by molar-refractivity contribution is 6.07. The van der Waals surface area contributed by atoms with Crippen LogP contribution in [0.5, 0.6) is 11.5 Å². The first-order valence-corrected chi connectivity index (χ1v) is 7.60. The minimum atomic E-state index is -1.22. The fourth-order valence-electron chi connectivity index (χ4n) is 2.86. The molecule has 130 valence electrons. The van der Waals surface area contributed by atoms with E-state index in [9.17, 15) is 19.8 Å². The molecule has 26 heavy (non-hydrogen) atoms. The molecule has 4 aromatic rings. The molecule has 2 aromatic heterocycles. The van der Waals surface area contributed by atoms with Crippen molar-refractivity contribution in [3.63, 3.8) is 0 Å². The van der Waals surface area contributed by atoms with Gasteiger partial charge >= 0.3 is 11.4 Å². The molecule has 0 saturated heterocycles. The predicted octanol–water partition coefficient (Wildman–Crippen LogP) is 3.26. The number of rotatable bonds is 3. The van der Waals surface area contributed by atoms with Gasteiger partial charge in [0.2, 0.25) is 5.76 Å². The number of carbonyl (C=O) groups is 1. The van der Waals surface area contributed by atoms with Gasteiger partial charge in [-0.3, -0.25) is 4.79 Å². The fourth-order valence-corrected chi connectivity index (χ4v) is 2.86. The Balaban J connectivity index is 2.06. The average Bonchev–Trinajstić information content (AvgIpc) is 2.61. The molecule has 0 aliphatic heterocycles. The van der Waals surface area contributed by atoms with Gasteiger partial charge in [-0.2, -0.15) is 0 Å². The molecule has 7 nitrogen and oxygen atoms in total. The number of benzene rings is 2. The largest absolute Gasteiger partial charge is 0.504 e. The molecule has 3 N–H and O–H groups in total. The number of phenolic OH excluding ortho intramolecular Hbond substituents is 1. The molecule has 0 radical (unpaired) electrons. The summed E-state index contributed by atoms with van der Waals surface area (Å²) in [5.74, 6) is -0.816. The van der Waals surface area contributed by atoms with E-state index in [1.54, 1.807) is 18.2 Å². The molecule has 4 rings (SSSR count). The molecule has 0 atom stereocenters. The fraction of sp³-hybridized carbons (Fsp3) is 0.0526. The van der Waals surface area contributed by atoms with Crippen molar-refractivity contribution < 1.29 is 33.4 Å². The summed E-state index contributed by atoms with van der Waals surface area (Å²) in [6.45, 7) is 0. The van der Waals surface area contributed by atoms with Gasteiger partial charge in [0, 0.05) is 5.56 Å². The Labute approximate surface area is 145 Å². The molecule has 0 spiro atoms. The number of phenols is 1. The van der Waals surface area contributed by atoms with Crippen LogP contribution in [0, 0.1) is 0 Å². The average molecular weight is 353 g/mol. The molecule has 0 fully saturated rings. The lowest BCUT2D eigenvalue weighted by atomic mass is 10.1. The second kappa shape index (κ2) is 5.66. The molecule has 7 heteroatoms. The summed E-state index contributed by atoms with van der Waals surface area (Å²) in [4.78, 5) is 21.2. The number of methoxy groups -OCH3 is 1. The Morgan fingerprint density at radius 1 is 1.08 bits per heavy atom. The summed E-state index contributed by atoms with van der Waals surface area (Å²) < 4.78 is 16.3. The van der Waals surface area contributed by atoms with Gasteiger partial charge in [-0.05, 0) is 35.7 Å². The first-order valence-electron chi connectivity index (χ1n) is 7.60. The quantitative estimate of drug-likeness (QED) is 0.546. The number of aromatic hydroxyl groups is 1. The van der Waals surface area contributed by atoms with Crippen molar-refractivity contribution in [2.75, 3.05) is 7.11 Å². The van der Waals surface area contributed by atoms with Gasteiger partial charge in [0.05, 0.1) is 24.6 Å². The lowest BCUT2D eigenvalue weighted by Gasteiger charge is -2.10. The maximum absolute atomic E-state index is 11.3. The first-order chi connectivity index (χ1) is 12.5. The lowest BCUT2D eigenvalue weighted by Crippen LogP contribution is -2.02. The van der Waals surface area contributed by atoms with Gasteiger partial charge in [-0.15, -0.1) is 0 Å². The van der Waals surface area contributed by atoms with E-state index in [0.717, 1.165) is 0 Å². The Kier molecular flexibility index (Phi) is 3.43. The van der Waals surface area contributed by atoms with E-state index in [-0.39, 0.29) is 28.3 Å². The van der Waals surface area contributed by atoms with Gasteiger partial charge < -0.3 is 23.8 Å². The van der Waals surface area contributed by atoms with Gasteiger partial charge in [-0.1, -0.05) is 0 Å². The number of aromatic carboxylic acids is 1. The summed E-state index contributed by atoms with van der Waals surface area (Å²) in [6, 6.07) is 10.5. The van der Waals surface area contributed by atoms with E-state index in [4.69, 9.17) is 13.6 Å². The zero-order chi connectivity index (χ0) is 18.4. The molecule has 0 unspecified atom stereocenters. The summed E-state index contributed by atoms with van der Waals surface area (Å²) >= 11 is 0. The van der Waals surface area contributed by atoms with Crippen LogP contribution in [0.2, 0.25) is 0 Å². The first kappa shape index (κ1) is 15.8. The van der Waals surface area contributed by atoms with Crippen molar-refractivity contribution in [1.29, 1.82) is 0 Å². The number of carboxylic acids is 1. The minimum Gasteiger partial charge on any atom is -0.504 e. The Morgan fingerprint density at radius 2 is 1.81 bits per heavy atom. The van der Waals surface area contributed by atoms with E-state index in [1.807, 2.05) is 0 Å². The minimum absolute atomic E-state index is 0.0141. The second-order valence-corrected chi connectivity index (χ2v) is 5.69. The monoisotopic (exact) mass is 353 g/mol. The maximum Gasteiger partial charge on any atom is 0.371 e. The highest BCUT2D eigenvalue weighted by Gasteiger charge is 2.17. The molecule has 0 saturated carbocycles. The molecule has 2 heterocycles. The highest BCUT2D eigenvalue weighted by atomic mass is 16.5. The van der Waals surface area contributed by atoms with Crippen LogP contribution in [0.1, 0.15) is 10.6 Å². The third-order valence-electron chi connectivity index (χ3n) is 4.03. The number of ether oxygens (including phenoxy) is 1. The number of hydrogen-bond donors (Lipinski definition) is 2. The second-order valence-electron chi connectivity index (χ2n) is 5.69. The van der Waals surface area contributed by atoms with Crippen LogP contribution in [-0.4, -0.2) is 28.1 Å². The van der Waals surface area contributed by atoms with Crippen LogP contribution in [0.25, 0.3) is 33.3 Å². The summed E-state index contributed by atoms with van der Waals surface area (Å²) in [7, 11) is 1.43. The Bertz CT molecular complexity index is 1230. The standard InChI is InChI=1S/C19H12O7/c1-24-14-4-9(2-3-12(14)21)13-5-10-6-17(19(22)23)26-16-8-11(20)7-15(25-13)18(10)16/h2-8,21H,1H3,(H,22,23)/p+1. The topological polar surface area (TPSA) is 114 Å². The third kappa shape index (κ3) is 2.46. The van der Waals surface area contributed by atoms with Crippen molar-refractivity contribution in [3.05, 3.63) is 53.7 Å². The van der Waals surface area contributed by atoms with E-state index >= 15 is 0 Å². The molecular weight excluding hydrogens is 340 g/mol. The van der Waals surface area contributed by atoms with E-state index < -0.39 is 5.97 Å². The smallest absolute Gasteiger partial charge is 0.371 e. The Morgan fingerprint density at radius 3 is 2.50 bits per heavy atom. The van der Waals surface area contributed by atoms with Crippen LogP contribution >= 0.6 is 0 Å². The van der Waals surface area contributed by atoms with E-state index in [2.05, 4.69) is 0 Å². The van der Waals surface area contributed by atoms with Crippen LogP contribution in [0.4, 0.5) is 0 Å². The lowest BCUT2D eigenvalue weighted by molar-refractivity contribution is 0.0663. The molecular formula is C19H13O7+. The van der Waals surface area contributed by atoms with Crippen LogP contribution < -0.4 is 10.2 Å². The number of carboxylic acid groups (broad SMARTS) is 1. The van der Waals surface area contributed by atoms with Gasteiger partial charge in [0.15, 0.2) is 11.5 Å². The van der Waals surface area contributed by atoms with Gasteiger partial charge in [0.1, 0.15) is 16.9 Å². The summed E-state index contributed by atoms with van der Waals surface area (Å²) in [5.41, 5.74) is 1.03. The zero-order valence-corrected chi connectivity index (χ0v) is 13.5. The molecule has 0 amide bonds. The predicted molar refractivity (Wildman–Crippen MR) is 91.7 cm³/mol. The van der Waals surface area contributed by atoms with Crippen molar-refractivity contribution in [3.8, 4) is 22.8 Å². The van der Waals surface area contributed by atoms with Crippen LogP contribution in [-0.2, 0) is 0 Å². The zero-order valence-electron chi connectivity index (χ0n) is 13.5. The Hall–Kier alpha value is -3.74. The molecule has 0 bridgehead atoms. The van der Waals surface area contributed by atoms with Crippen LogP contribution in [0.3, 0.4) is 0 Å².